The molecule has 1 aromatic rings. The van der Waals surface area contributed by atoms with Crippen LogP contribution >= 0.6 is 11.8 Å². The molecule has 1 fully saturated rings. The Morgan fingerprint density at radius 3 is 2.10 bits per heavy atom. The SMILES string of the molecule is CC[C@H](C)[C@@H](C(CC(=O)NC[C@H]1O[C@H](C(=O)N[C@@H](Cc2ccccc2)C(=O)C2=NCCS2)[C@@H](OC)[C@@H]1OC)OC)N(C)C(=O)[C@H](C(C)C)N(C)C(=O)[C@@H](NC)C(C)C. The summed E-state index contributed by atoms with van der Waals surface area (Å²) in [4.78, 5) is 76.4. The minimum atomic E-state index is -1.13. The third kappa shape index (κ3) is 12.3. The summed E-state index contributed by atoms with van der Waals surface area (Å²) in [7, 11) is 9.56. The number of likely N-dealkylation sites (N-methyl/N-ethyl adjacent to an activating group) is 3. The van der Waals surface area contributed by atoms with Crippen LogP contribution in [-0.2, 0) is 49.3 Å². The minimum Gasteiger partial charge on any atom is -0.379 e. The van der Waals surface area contributed by atoms with Crippen molar-refractivity contribution >= 4 is 46.2 Å². The predicted octanol–water partition coefficient (Wildman–Crippen LogP) is 2.35. The molecule has 1 aromatic carbocycles. The number of ketones is 1. The Hall–Kier alpha value is -3.41. The molecule has 1 saturated heterocycles. The number of hydrogen-bond donors (Lipinski definition) is 3. The number of benzene rings is 1. The van der Waals surface area contributed by atoms with Gasteiger partial charge in [-0.15, -0.1) is 11.8 Å². The van der Waals surface area contributed by atoms with Gasteiger partial charge in [0, 0.05) is 60.7 Å². The van der Waals surface area contributed by atoms with Crippen LogP contribution in [0.1, 0.15) is 59.9 Å². The van der Waals surface area contributed by atoms with Gasteiger partial charge in [0.15, 0.2) is 6.10 Å². The predicted molar refractivity (Wildman–Crippen MR) is 226 cm³/mol. The van der Waals surface area contributed by atoms with E-state index in [0.29, 0.717) is 23.8 Å². The first-order chi connectivity index (χ1) is 27.6. The van der Waals surface area contributed by atoms with Crippen LogP contribution in [0.3, 0.4) is 0 Å². The largest absolute Gasteiger partial charge is 0.379 e. The van der Waals surface area contributed by atoms with E-state index in [9.17, 15) is 24.0 Å². The first-order valence-corrected chi connectivity index (χ1v) is 21.3. The van der Waals surface area contributed by atoms with Crippen molar-refractivity contribution in [1.29, 1.82) is 0 Å². The lowest BCUT2D eigenvalue weighted by molar-refractivity contribution is -0.152. The summed E-state index contributed by atoms with van der Waals surface area (Å²) >= 11 is 1.38. The number of carbonyl (C=O) groups is 5. The normalized spacial score (nSPS) is 22.4. The van der Waals surface area contributed by atoms with Gasteiger partial charge in [-0.2, -0.15) is 0 Å². The van der Waals surface area contributed by atoms with Gasteiger partial charge in [0.25, 0.3) is 5.91 Å². The van der Waals surface area contributed by atoms with E-state index in [1.807, 2.05) is 71.9 Å². The van der Waals surface area contributed by atoms with Crippen molar-refractivity contribution < 1.29 is 42.9 Å². The van der Waals surface area contributed by atoms with Gasteiger partial charge in [-0.1, -0.05) is 78.3 Å². The van der Waals surface area contributed by atoms with Gasteiger partial charge in [-0.3, -0.25) is 29.0 Å². The van der Waals surface area contributed by atoms with Crippen molar-refractivity contribution in [3.63, 3.8) is 0 Å². The number of nitrogens with zero attached hydrogens (tertiary/aromatic N) is 3. The molecular weight excluding hydrogens is 765 g/mol. The van der Waals surface area contributed by atoms with Crippen LogP contribution in [0.15, 0.2) is 35.3 Å². The minimum absolute atomic E-state index is 0.00911. The lowest BCUT2D eigenvalue weighted by Crippen LogP contribution is -2.59. The molecule has 3 rings (SSSR count). The molecule has 0 spiro atoms. The molecule has 0 bridgehead atoms. The van der Waals surface area contributed by atoms with Gasteiger partial charge < -0.3 is 44.7 Å². The Kier molecular flexibility index (Phi) is 19.7. The van der Waals surface area contributed by atoms with Crippen molar-refractivity contribution in [3.05, 3.63) is 35.9 Å². The van der Waals surface area contributed by atoms with Crippen molar-refractivity contribution in [2.45, 2.75) is 115 Å². The number of Topliss-reactive ketones (excluding diaryl/α,β-unsaturated/α-hetero) is 1. The van der Waals surface area contributed by atoms with Gasteiger partial charge in [0.05, 0.1) is 30.7 Å². The molecule has 10 atom stereocenters. The van der Waals surface area contributed by atoms with E-state index < -0.39 is 60.6 Å². The monoisotopic (exact) mass is 832 g/mol. The molecule has 326 valence electrons. The Morgan fingerprint density at radius 1 is 0.931 bits per heavy atom. The molecule has 15 nitrogen and oxygen atoms in total. The van der Waals surface area contributed by atoms with Crippen LogP contribution in [-0.4, -0.2) is 160 Å². The van der Waals surface area contributed by atoms with Gasteiger partial charge in [-0.05, 0) is 30.4 Å². The molecule has 1 unspecified atom stereocenters. The topological polar surface area (TPSA) is 177 Å². The van der Waals surface area contributed by atoms with E-state index in [2.05, 4.69) is 20.9 Å². The van der Waals surface area contributed by atoms with Gasteiger partial charge in [-0.25, -0.2) is 0 Å². The van der Waals surface area contributed by atoms with Crippen molar-refractivity contribution in [3.8, 4) is 0 Å². The summed E-state index contributed by atoms with van der Waals surface area (Å²) in [6.07, 6.45) is -3.25. The molecule has 0 aliphatic carbocycles. The van der Waals surface area contributed by atoms with E-state index in [0.717, 1.165) is 5.56 Å². The molecule has 2 aliphatic heterocycles. The Morgan fingerprint density at radius 2 is 1.59 bits per heavy atom. The van der Waals surface area contributed by atoms with Gasteiger partial charge in [0.2, 0.25) is 23.5 Å². The van der Waals surface area contributed by atoms with Crippen molar-refractivity contribution in [1.82, 2.24) is 25.8 Å². The second-order valence-electron chi connectivity index (χ2n) is 15.9. The molecule has 3 N–H and O–H groups in total. The number of carbonyl (C=O) groups excluding carboxylic acids is 5. The molecule has 0 radical (unpaired) electrons. The van der Waals surface area contributed by atoms with E-state index >= 15 is 0 Å². The van der Waals surface area contributed by atoms with Crippen molar-refractivity contribution in [2.24, 2.45) is 22.7 Å². The first-order valence-electron chi connectivity index (χ1n) is 20.3. The second kappa shape index (κ2) is 23.4. The highest BCUT2D eigenvalue weighted by Crippen LogP contribution is 2.28. The number of hydrogen-bond acceptors (Lipinski definition) is 12. The average molecular weight is 833 g/mol. The zero-order chi connectivity index (χ0) is 43.3. The number of thioether (sulfide) groups is 1. The summed E-state index contributed by atoms with van der Waals surface area (Å²) in [5.41, 5.74) is 0.878. The zero-order valence-corrected chi connectivity index (χ0v) is 37.3. The summed E-state index contributed by atoms with van der Waals surface area (Å²) in [6, 6.07) is 6.86. The van der Waals surface area contributed by atoms with E-state index in [1.54, 1.807) is 26.0 Å². The number of nitrogens with one attached hydrogen (secondary N) is 3. The van der Waals surface area contributed by atoms with Crippen LogP contribution in [0.25, 0.3) is 0 Å². The lowest BCUT2D eigenvalue weighted by Gasteiger charge is -2.42. The molecule has 0 saturated carbocycles. The van der Waals surface area contributed by atoms with Gasteiger partial charge >= 0.3 is 0 Å². The Bertz CT molecular complexity index is 1550. The summed E-state index contributed by atoms with van der Waals surface area (Å²) in [6.45, 7) is 12.3. The maximum Gasteiger partial charge on any atom is 0.252 e. The van der Waals surface area contributed by atoms with Gasteiger partial charge in [0.1, 0.15) is 29.4 Å². The first kappa shape index (κ1) is 49.0. The van der Waals surface area contributed by atoms with Crippen molar-refractivity contribution in [2.75, 3.05) is 61.3 Å². The molecule has 58 heavy (non-hydrogen) atoms. The number of aliphatic imine (C=N–C) groups is 1. The fourth-order valence-corrected chi connectivity index (χ4v) is 8.84. The standard InChI is InChI=1S/C42H68N6O9S/c1-13-26(6)34(48(9)42(53)33(25(4)5)47(8)41(52)32(43-7)24(2)3)29(54-10)22-31(49)45-23-30-36(55-11)37(56-12)38(57-30)39(51)46-28(21-27-17-15-14-16-18-27)35(50)40-44-19-20-58-40/h14-18,24-26,28-30,32-34,36-38,43H,13,19-23H2,1-12H3,(H,45,49)(H,46,51)/t26-,28-,29?,30+,32-,33-,34-,36+,37-,38-/m0/s1. The Balaban J connectivity index is 1.75. The molecule has 2 heterocycles. The second-order valence-corrected chi connectivity index (χ2v) is 17.0. The highest BCUT2D eigenvalue weighted by Gasteiger charge is 2.49. The highest BCUT2D eigenvalue weighted by atomic mass is 32.2. The fourth-order valence-electron chi connectivity index (χ4n) is 8.00. The smallest absolute Gasteiger partial charge is 0.252 e. The van der Waals surface area contributed by atoms with Crippen LogP contribution in [0.4, 0.5) is 0 Å². The summed E-state index contributed by atoms with van der Waals surface area (Å²) in [5.74, 6) is -1.08. The highest BCUT2D eigenvalue weighted by molar-refractivity contribution is 8.16. The summed E-state index contributed by atoms with van der Waals surface area (Å²) in [5, 5.41) is 9.29. The third-order valence-electron chi connectivity index (χ3n) is 11.3. The number of amides is 4. The van der Waals surface area contributed by atoms with E-state index in [1.165, 1.54) is 38.0 Å². The third-order valence-corrected chi connectivity index (χ3v) is 12.3. The quantitative estimate of drug-likeness (QED) is 0.148. The molecule has 4 amide bonds. The molecular formula is C42H68N6O9S. The molecule has 16 heteroatoms. The van der Waals surface area contributed by atoms with E-state index in [-0.39, 0.29) is 60.6 Å². The number of ether oxygens (including phenoxy) is 4. The molecule has 0 aromatic heterocycles. The fraction of sp³-hybridized carbons (Fsp3) is 0.714. The Labute approximate surface area is 349 Å². The van der Waals surface area contributed by atoms with E-state index in [4.69, 9.17) is 18.9 Å². The van der Waals surface area contributed by atoms with Crippen LogP contribution in [0.5, 0.6) is 0 Å². The van der Waals surface area contributed by atoms with Crippen LogP contribution in [0, 0.1) is 17.8 Å². The van der Waals surface area contributed by atoms with Crippen LogP contribution < -0.4 is 16.0 Å². The maximum absolute atomic E-state index is 14.3. The average Bonchev–Trinajstić information content (AvgIpc) is 3.88. The lowest BCUT2D eigenvalue weighted by atomic mass is 9.89. The zero-order valence-electron chi connectivity index (χ0n) is 36.5. The summed E-state index contributed by atoms with van der Waals surface area (Å²) < 4.78 is 23.6. The maximum atomic E-state index is 14.3. The number of rotatable bonds is 23. The number of methoxy groups -OCH3 is 3. The molecule has 2 aliphatic rings. The van der Waals surface area contributed by atoms with Crippen LogP contribution in [0.2, 0.25) is 0 Å².